The standard InChI is InChI=1S/C20H25NO4S/c1-13(2)26(23,24)17-9-7-16(8-10-17)20(22)21-15(4)18-12-14(3)6-11-19(18)25-5/h6-13,15H,1-5H3,(H,21,22). The van der Waals surface area contributed by atoms with Gasteiger partial charge in [0.1, 0.15) is 5.75 Å². The van der Waals surface area contributed by atoms with E-state index in [1.807, 2.05) is 32.0 Å². The highest BCUT2D eigenvalue weighted by Gasteiger charge is 2.20. The van der Waals surface area contributed by atoms with Crippen molar-refractivity contribution in [2.24, 2.45) is 0 Å². The van der Waals surface area contributed by atoms with E-state index in [4.69, 9.17) is 4.74 Å². The second-order valence-electron chi connectivity index (χ2n) is 6.56. The fraction of sp³-hybridized carbons (Fsp3) is 0.350. The van der Waals surface area contributed by atoms with E-state index in [1.54, 1.807) is 21.0 Å². The molecule has 0 aliphatic carbocycles. The Hall–Kier alpha value is -2.34. The van der Waals surface area contributed by atoms with Crippen LogP contribution < -0.4 is 10.1 Å². The maximum Gasteiger partial charge on any atom is 0.251 e. The van der Waals surface area contributed by atoms with E-state index in [1.165, 1.54) is 24.3 Å². The topological polar surface area (TPSA) is 72.5 Å². The number of aryl methyl sites for hydroxylation is 1. The maximum atomic E-state index is 12.5. The Balaban J connectivity index is 2.19. The molecule has 0 heterocycles. The van der Waals surface area contributed by atoms with Gasteiger partial charge in [0.05, 0.1) is 23.3 Å². The third-order valence-corrected chi connectivity index (χ3v) is 6.44. The van der Waals surface area contributed by atoms with Gasteiger partial charge >= 0.3 is 0 Å². The van der Waals surface area contributed by atoms with Gasteiger partial charge in [-0.3, -0.25) is 4.79 Å². The number of sulfone groups is 1. The minimum atomic E-state index is -3.35. The molecule has 2 aromatic rings. The van der Waals surface area contributed by atoms with Gasteiger partial charge in [0.15, 0.2) is 9.84 Å². The number of carbonyl (C=O) groups excluding carboxylic acids is 1. The van der Waals surface area contributed by atoms with Crippen LogP contribution in [0, 0.1) is 6.92 Å². The van der Waals surface area contributed by atoms with Crippen LogP contribution in [0.5, 0.6) is 5.75 Å². The van der Waals surface area contributed by atoms with Crippen LogP contribution in [-0.4, -0.2) is 26.7 Å². The molecule has 6 heteroatoms. The van der Waals surface area contributed by atoms with Crippen molar-refractivity contribution in [2.45, 2.75) is 43.9 Å². The Kier molecular flexibility index (Phi) is 6.08. The van der Waals surface area contributed by atoms with E-state index in [-0.39, 0.29) is 16.8 Å². The molecular formula is C20H25NO4S. The van der Waals surface area contributed by atoms with E-state index >= 15 is 0 Å². The summed E-state index contributed by atoms with van der Waals surface area (Å²) in [5.41, 5.74) is 2.37. The quantitative estimate of drug-likeness (QED) is 0.836. The Morgan fingerprint density at radius 1 is 1.04 bits per heavy atom. The number of carbonyl (C=O) groups is 1. The van der Waals surface area contributed by atoms with Gasteiger partial charge in [-0.2, -0.15) is 0 Å². The second-order valence-corrected chi connectivity index (χ2v) is 9.06. The van der Waals surface area contributed by atoms with E-state index in [0.717, 1.165) is 11.1 Å². The summed E-state index contributed by atoms with van der Waals surface area (Å²) in [5, 5.41) is 2.42. The van der Waals surface area contributed by atoms with Gasteiger partial charge in [-0.1, -0.05) is 17.7 Å². The molecule has 1 amide bonds. The Morgan fingerprint density at radius 2 is 1.65 bits per heavy atom. The molecule has 0 saturated carbocycles. The van der Waals surface area contributed by atoms with Crippen molar-refractivity contribution in [2.75, 3.05) is 7.11 Å². The number of rotatable bonds is 6. The van der Waals surface area contributed by atoms with Crippen LogP contribution in [0.15, 0.2) is 47.4 Å². The van der Waals surface area contributed by atoms with Crippen molar-refractivity contribution in [1.29, 1.82) is 0 Å². The number of amides is 1. The van der Waals surface area contributed by atoms with Gasteiger partial charge in [-0.25, -0.2) is 8.42 Å². The first-order valence-corrected chi connectivity index (χ1v) is 10.0. The number of benzene rings is 2. The van der Waals surface area contributed by atoms with Gasteiger partial charge < -0.3 is 10.1 Å². The molecule has 1 N–H and O–H groups in total. The Morgan fingerprint density at radius 3 is 2.19 bits per heavy atom. The summed E-state index contributed by atoms with van der Waals surface area (Å²) in [6, 6.07) is 11.6. The molecule has 0 aliphatic heterocycles. The van der Waals surface area contributed by atoms with Crippen LogP contribution in [0.3, 0.4) is 0 Å². The van der Waals surface area contributed by atoms with Crippen LogP contribution in [0.1, 0.15) is 48.3 Å². The molecule has 26 heavy (non-hydrogen) atoms. The van der Waals surface area contributed by atoms with Crippen molar-refractivity contribution in [3.8, 4) is 5.75 Å². The molecule has 0 spiro atoms. The van der Waals surface area contributed by atoms with Gasteiger partial charge in [0.25, 0.3) is 5.91 Å². The largest absolute Gasteiger partial charge is 0.496 e. The van der Waals surface area contributed by atoms with E-state index in [2.05, 4.69) is 5.32 Å². The lowest BCUT2D eigenvalue weighted by atomic mass is 10.0. The van der Waals surface area contributed by atoms with Crippen LogP contribution in [-0.2, 0) is 9.84 Å². The smallest absolute Gasteiger partial charge is 0.251 e. The summed E-state index contributed by atoms with van der Waals surface area (Å²) >= 11 is 0. The summed E-state index contributed by atoms with van der Waals surface area (Å²) in [7, 11) is -1.75. The van der Waals surface area contributed by atoms with Crippen molar-refractivity contribution in [3.05, 3.63) is 59.2 Å². The predicted octanol–water partition coefficient (Wildman–Crippen LogP) is 3.68. The molecule has 0 bridgehead atoms. The highest BCUT2D eigenvalue weighted by molar-refractivity contribution is 7.92. The fourth-order valence-electron chi connectivity index (χ4n) is 2.62. The maximum absolute atomic E-state index is 12.5. The number of hydrogen-bond donors (Lipinski definition) is 1. The summed E-state index contributed by atoms with van der Waals surface area (Å²) in [6.07, 6.45) is 0. The zero-order valence-corrected chi connectivity index (χ0v) is 16.6. The molecule has 2 rings (SSSR count). The SMILES string of the molecule is COc1ccc(C)cc1C(C)NC(=O)c1ccc(S(=O)(=O)C(C)C)cc1. The van der Waals surface area contributed by atoms with Crippen molar-refractivity contribution in [1.82, 2.24) is 5.32 Å². The minimum Gasteiger partial charge on any atom is -0.496 e. The lowest BCUT2D eigenvalue weighted by molar-refractivity contribution is 0.0939. The molecule has 140 valence electrons. The van der Waals surface area contributed by atoms with Crippen molar-refractivity contribution < 1.29 is 17.9 Å². The highest BCUT2D eigenvalue weighted by atomic mass is 32.2. The third kappa shape index (κ3) is 4.25. The molecule has 5 nitrogen and oxygen atoms in total. The Labute approximate surface area is 155 Å². The van der Waals surface area contributed by atoms with Crippen LogP contribution >= 0.6 is 0 Å². The lowest BCUT2D eigenvalue weighted by Crippen LogP contribution is -2.27. The van der Waals surface area contributed by atoms with Crippen molar-refractivity contribution >= 4 is 15.7 Å². The molecule has 0 saturated heterocycles. The molecule has 0 radical (unpaired) electrons. The predicted molar refractivity (Wildman–Crippen MR) is 102 cm³/mol. The molecule has 0 fully saturated rings. The van der Waals surface area contributed by atoms with Crippen molar-refractivity contribution in [3.63, 3.8) is 0 Å². The number of ether oxygens (including phenoxy) is 1. The zero-order chi connectivity index (χ0) is 19.5. The average molecular weight is 375 g/mol. The summed E-state index contributed by atoms with van der Waals surface area (Å²) in [4.78, 5) is 12.7. The highest BCUT2D eigenvalue weighted by Crippen LogP contribution is 2.26. The first-order chi connectivity index (χ1) is 12.2. The molecule has 0 aliphatic rings. The first kappa shape index (κ1) is 20.0. The summed E-state index contributed by atoms with van der Waals surface area (Å²) in [5.74, 6) is 0.441. The van der Waals surface area contributed by atoms with E-state index in [0.29, 0.717) is 11.3 Å². The lowest BCUT2D eigenvalue weighted by Gasteiger charge is -2.18. The zero-order valence-electron chi connectivity index (χ0n) is 15.7. The normalized spacial score (nSPS) is 12.7. The molecule has 2 aromatic carbocycles. The third-order valence-electron chi connectivity index (χ3n) is 4.26. The average Bonchev–Trinajstić information content (AvgIpc) is 2.61. The van der Waals surface area contributed by atoms with Gasteiger partial charge in [-0.05, 0) is 58.0 Å². The Bertz CT molecular complexity index is 887. The van der Waals surface area contributed by atoms with E-state index < -0.39 is 15.1 Å². The van der Waals surface area contributed by atoms with E-state index in [9.17, 15) is 13.2 Å². The van der Waals surface area contributed by atoms with Crippen LogP contribution in [0.25, 0.3) is 0 Å². The monoisotopic (exact) mass is 375 g/mol. The first-order valence-electron chi connectivity index (χ1n) is 8.46. The van der Waals surface area contributed by atoms with Gasteiger partial charge in [0, 0.05) is 11.1 Å². The number of methoxy groups -OCH3 is 1. The van der Waals surface area contributed by atoms with Gasteiger partial charge in [-0.15, -0.1) is 0 Å². The fourth-order valence-corrected chi connectivity index (χ4v) is 3.68. The second kappa shape index (κ2) is 7.91. The molecular weight excluding hydrogens is 350 g/mol. The molecule has 1 unspecified atom stereocenters. The molecule has 0 aromatic heterocycles. The van der Waals surface area contributed by atoms with Gasteiger partial charge in [0.2, 0.25) is 0 Å². The summed E-state index contributed by atoms with van der Waals surface area (Å²) < 4.78 is 29.7. The number of nitrogens with one attached hydrogen (secondary N) is 1. The van der Waals surface area contributed by atoms with Crippen LogP contribution in [0.4, 0.5) is 0 Å². The summed E-state index contributed by atoms with van der Waals surface area (Å²) in [6.45, 7) is 7.12. The van der Waals surface area contributed by atoms with Crippen LogP contribution in [0.2, 0.25) is 0 Å². The number of hydrogen-bond acceptors (Lipinski definition) is 4. The minimum absolute atomic E-state index is 0.220. The molecule has 1 atom stereocenters.